The zero-order valence-electron chi connectivity index (χ0n) is 14.7. The van der Waals surface area contributed by atoms with Crippen molar-refractivity contribution in [3.05, 3.63) is 0 Å². The molecule has 0 aromatic rings. The highest BCUT2D eigenvalue weighted by atomic mass is 35.5. The predicted molar refractivity (Wildman–Crippen MR) is 99.0 cm³/mol. The van der Waals surface area contributed by atoms with Crippen LogP contribution in [0.15, 0.2) is 0 Å². The van der Waals surface area contributed by atoms with Gasteiger partial charge in [0.1, 0.15) is 0 Å². The number of carbonyl (C=O) groups excluding carboxylic acids is 1. The third kappa shape index (κ3) is 7.49. The lowest BCUT2D eigenvalue weighted by atomic mass is 9.83. The van der Waals surface area contributed by atoms with Gasteiger partial charge in [0, 0.05) is 12.6 Å². The van der Waals surface area contributed by atoms with Crippen LogP contribution in [0.25, 0.3) is 0 Å². The number of hydrogen-bond acceptors (Lipinski definition) is 3. The van der Waals surface area contributed by atoms with Crippen LogP contribution in [0.5, 0.6) is 0 Å². The van der Waals surface area contributed by atoms with Crippen molar-refractivity contribution in [2.75, 3.05) is 20.6 Å². The highest BCUT2D eigenvalue weighted by Gasteiger charge is 2.30. The largest absolute Gasteiger partial charge is 0.353 e. The van der Waals surface area contributed by atoms with Gasteiger partial charge in [0.2, 0.25) is 5.91 Å². The fourth-order valence-corrected chi connectivity index (χ4v) is 3.00. The Morgan fingerprint density at radius 1 is 1.18 bits per heavy atom. The van der Waals surface area contributed by atoms with Crippen LogP contribution >= 0.6 is 24.8 Å². The van der Waals surface area contributed by atoms with E-state index in [1.807, 2.05) is 20.8 Å². The van der Waals surface area contributed by atoms with E-state index in [-0.39, 0.29) is 36.1 Å². The molecular weight excluding hydrogens is 321 g/mol. The Balaban J connectivity index is 0. The van der Waals surface area contributed by atoms with Gasteiger partial charge in [-0.05, 0) is 38.3 Å². The van der Waals surface area contributed by atoms with Gasteiger partial charge in [-0.25, -0.2) is 0 Å². The lowest BCUT2D eigenvalue weighted by Crippen LogP contribution is -2.52. The SMILES string of the molecule is CN(C)C(CNC(=O)[C@@H](N)C(C)(C)C)C1CCCCC1.Cl.Cl. The van der Waals surface area contributed by atoms with Gasteiger partial charge >= 0.3 is 0 Å². The van der Waals surface area contributed by atoms with Gasteiger partial charge in [-0.3, -0.25) is 4.79 Å². The molecule has 1 saturated carbocycles. The number of nitrogens with two attached hydrogens (primary N) is 1. The van der Waals surface area contributed by atoms with E-state index in [1.165, 1.54) is 32.1 Å². The van der Waals surface area contributed by atoms with E-state index in [0.29, 0.717) is 18.5 Å². The summed E-state index contributed by atoms with van der Waals surface area (Å²) in [5.74, 6) is 0.671. The van der Waals surface area contributed by atoms with Crippen LogP contribution < -0.4 is 11.1 Å². The van der Waals surface area contributed by atoms with E-state index in [0.717, 1.165) is 0 Å². The summed E-state index contributed by atoms with van der Waals surface area (Å²) in [6.45, 7) is 6.71. The lowest BCUT2D eigenvalue weighted by Gasteiger charge is -2.35. The van der Waals surface area contributed by atoms with E-state index >= 15 is 0 Å². The highest BCUT2D eigenvalue weighted by Crippen LogP contribution is 2.28. The summed E-state index contributed by atoms with van der Waals surface area (Å²) in [6, 6.07) is -0.0249. The monoisotopic (exact) mass is 355 g/mol. The van der Waals surface area contributed by atoms with Crippen LogP contribution in [0.2, 0.25) is 0 Å². The van der Waals surface area contributed by atoms with E-state index in [9.17, 15) is 4.79 Å². The minimum Gasteiger partial charge on any atom is -0.353 e. The first-order valence-corrected chi connectivity index (χ1v) is 7.93. The van der Waals surface area contributed by atoms with Gasteiger partial charge in [-0.2, -0.15) is 0 Å². The molecule has 1 amide bonds. The van der Waals surface area contributed by atoms with Crippen LogP contribution in [0.3, 0.4) is 0 Å². The molecule has 0 heterocycles. The van der Waals surface area contributed by atoms with Gasteiger partial charge in [0.15, 0.2) is 0 Å². The van der Waals surface area contributed by atoms with Crippen LogP contribution in [-0.4, -0.2) is 43.5 Å². The Morgan fingerprint density at radius 3 is 2.09 bits per heavy atom. The number of amides is 1. The summed E-state index contributed by atoms with van der Waals surface area (Å²) in [5.41, 5.74) is 5.82. The number of carbonyl (C=O) groups is 1. The first kappa shape index (κ1) is 24.2. The van der Waals surface area contributed by atoms with Crippen LogP contribution in [0, 0.1) is 11.3 Å². The quantitative estimate of drug-likeness (QED) is 0.796. The standard InChI is InChI=1S/C16H33N3O.2ClH/c1-16(2,3)14(17)15(20)18-11-13(19(4)5)12-9-7-6-8-10-12;;/h12-14H,6-11,17H2,1-5H3,(H,18,20);2*1H/t13?,14-;;/m1../s1. The van der Waals surface area contributed by atoms with Crippen molar-refractivity contribution in [3.63, 3.8) is 0 Å². The molecule has 0 saturated heterocycles. The molecule has 3 N–H and O–H groups in total. The van der Waals surface area contributed by atoms with Crippen molar-refractivity contribution in [1.82, 2.24) is 10.2 Å². The highest BCUT2D eigenvalue weighted by molar-refractivity contribution is 5.85. The maximum atomic E-state index is 12.1. The Bertz CT molecular complexity index is 313. The van der Waals surface area contributed by atoms with Gasteiger partial charge in [-0.1, -0.05) is 40.0 Å². The summed E-state index contributed by atoms with van der Waals surface area (Å²) in [4.78, 5) is 14.4. The van der Waals surface area contributed by atoms with Crippen LogP contribution in [-0.2, 0) is 4.79 Å². The number of nitrogens with zero attached hydrogens (tertiary/aromatic N) is 1. The predicted octanol–water partition coefficient (Wildman–Crippen LogP) is 2.83. The maximum Gasteiger partial charge on any atom is 0.237 e. The van der Waals surface area contributed by atoms with Gasteiger partial charge < -0.3 is 16.0 Å². The number of nitrogens with one attached hydrogen (secondary N) is 1. The molecule has 1 aliphatic carbocycles. The minimum atomic E-state index is -0.448. The van der Waals surface area contributed by atoms with Crippen molar-refractivity contribution in [1.29, 1.82) is 0 Å². The minimum absolute atomic E-state index is 0. The maximum absolute atomic E-state index is 12.1. The molecule has 4 nitrogen and oxygen atoms in total. The molecule has 1 rings (SSSR count). The average molecular weight is 356 g/mol. The van der Waals surface area contributed by atoms with E-state index in [4.69, 9.17) is 5.73 Å². The van der Waals surface area contributed by atoms with E-state index in [1.54, 1.807) is 0 Å². The van der Waals surface area contributed by atoms with Gasteiger partial charge in [0.25, 0.3) is 0 Å². The Kier molecular flexibility index (Phi) is 11.8. The third-order valence-corrected chi connectivity index (χ3v) is 4.56. The molecule has 0 aromatic heterocycles. The van der Waals surface area contributed by atoms with Crippen LogP contribution in [0.1, 0.15) is 52.9 Å². The van der Waals surface area contributed by atoms with Crippen molar-refractivity contribution in [2.45, 2.75) is 65.0 Å². The Morgan fingerprint density at radius 2 is 1.68 bits per heavy atom. The number of likely N-dealkylation sites (N-methyl/N-ethyl adjacent to an activating group) is 1. The van der Waals surface area contributed by atoms with Crippen molar-refractivity contribution in [2.24, 2.45) is 17.1 Å². The Labute approximate surface area is 148 Å². The van der Waals surface area contributed by atoms with Crippen molar-refractivity contribution < 1.29 is 4.79 Å². The second-order valence-electron chi connectivity index (χ2n) is 7.52. The molecular formula is C16H35Cl2N3O. The first-order valence-electron chi connectivity index (χ1n) is 7.93. The Hall–Kier alpha value is -0.0300. The zero-order valence-corrected chi connectivity index (χ0v) is 16.4. The molecule has 0 aliphatic heterocycles. The van der Waals surface area contributed by atoms with Crippen molar-refractivity contribution >= 4 is 30.7 Å². The molecule has 2 atom stereocenters. The van der Waals surface area contributed by atoms with Gasteiger partial charge in [-0.15, -0.1) is 24.8 Å². The molecule has 0 bridgehead atoms. The summed E-state index contributed by atoms with van der Waals surface area (Å²) >= 11 is 0. The molecule has 0 spiro atoms. The molecule has 22 heavy (non-hydrogen) atoms. The molecule has 6 heteroatoms. The normalized spacial score (nSPS) is 18.9. The summed E-state index contributed by atoms with van der Waals surface area (Å²) < 4.78 is 0. The van der Waals surface area contributed by atoms with Crippen molar-refractivity contribution in [3.8, 4) is 0 Å². The summed E-state index contributed by atoms with van der Waals surface area (Å²) in [7, 11) is 4.21. The van der Waals surface area contributed by atoms with E-state index < -0.39 is 6.04 Å². The van der Waals surface area contributed by atoms with Crippen LogP contribution in [0.4, 0.5) is 0 Å². The smallest absolute Gasteiger partial charge is 0.237 e. The first-order chi connectivity index (χ1) is 9.23. The number of rotatable bonds is 5. The lowest BCUT2D eigenvalue weighted by molar-refractivity contribution is -0.124. The molecule has 134 valence electrons. The average Bonchev–Trinajstić information content (AvgIpc) is 2.37. The fraction of sp³-hybridized carbons (Fsp3) is 0.938. The number of hydrogen-bond donors (Lipinski definition) is 2. The molecule has 1 fully saturated rings. The van der Waals surface area contributed by atoms with Gasteiger partial charge in [0.05, 0.1) is 6.04 Å². The molecule has 0 radical (unpaired) electrons. The molecule has 1 aliphatic rings. The summed E-state index contributed by atoms with van der Waals surface area (Å²) in [5, 5.41) is 3.06. The molecule has 0 aromatic carbocycles. The second kappa shape index (κ2) is 10.7. The van der Waals surface area contributed by atoms with E-state index in [2.05, 4.69) is 24.3 Å². The summed E-state index contributed by atoms with van der Waals surface area (Å²) in [6.07, 6.45) is 6.57. The second-order valence-corrected chi connectivity index (χ2v) is 7.52. The third-order valence-electron chi connectivity index (χ3n) is 4.56. The molecule has 1 unspecified atom stereocenters. The topological polar surface area (TPSA) is 58.4 Å². The fourth-order valence-electron chi connectivity index (χ4n) is 3.00. The zero-order chi connectivity index (χ0) is 15.3. The number of halogens is 2.